The van der Waals surface area contributed by atoms with E-state index in [2.05, 4.69) is 22.0 Å². The van der Waals surface area contributed by atoms with Gasteiger partial charge in [-0.1, -0.05) is 0 Å². The lowest BCUT2D eigenvalue weighted by atomic mass is 9.88. The summed E-state index contributed by atoms with van der Waals surface area (Å²) in [6.07, 6.45) is 2.88. The third-order valence-electron chi connectivity index (χ3n) is 7.05. The van der Waals surface area contributed by atoms with Gasteiger partial charge >= 0.3 is 0 Å². The molecule has 33 heavy (non-hydrogen) atoms. The molecule has 0 spiro atoms. The summed E-state index contributed by atoms with van der Waals surface area (Å²) in [5.41, 5.74) is 5.11. The lowest BCUT2D eigenvalue weighted by Crippen LogP contribution is -2.41. The number of nitrogens with zero attached hydrogens (tertiary/aromatic N) is 2. The minimum absolute atomic E-state index is 0.0436. The third-order valence-corrected chi connectivity index (χ3v) is 7.05. The van der Waals surface area contributed by atoms with Crippen LogP contribution in [0.2, 0.25) is 0 Å². The summed E-state index contributed by atoms with van der Waals surface area (Å²) >= 11 is 0. The average molecular weight is 454 g/mol. The molecule has 0 bridgehead atoms. The molecule has 0 aliphatic carbocycles. The van der Waals surface area contributed by atoms with Crippen LogP contribution in [0.3, 0.4) is 0 Å². The number of aliphatic hydroxyl groups is 1. The van der Waals surface area contributed by atoms with E-state index in [9.17, 15) is 9.90 Å². The molecule has 2 N–H and O–H groups in total. The second kappa shape index (κ2) is 8.52. The van der Waals surface area contributed by atoms with Crippen LogP contribution in [0.25, 0.3) is 10.9 Å². The number of nitrogens with one attached hydrogen (secondary N) is 1. The van der Waals surface area contributed by atoms with Crippen molar-refractivity contribution in [2.75, 3.05) is 40.5 Å². The second-order valence-corrected chi connectivity index (χ2v) is 9.06. The van der Waals surface area contributed by atoms with Gasteiger partial charge in [0.1, 0.15) is 5.76 Å². The predicted molar refractivity (Wildman–Crippen MR) is 124 cm³/mol. The molecule has 176 valence electrons. The fourth-order valence-corrected chi connectivity index (χ4v) is 5.20. The number of carbonyl (C=O) groups excluding carboxylic acids is 1. The molecule has 3 aliphatic heterocycles. The van der Waals surface area contributed by atoms with Crippen molar-refractivity contribution in [2.24, 2.45) is 5.92 Å². The first-order chi connectivity index (χ1) is 15.9. The number of allylic oxidation sites excluding steroid dienone is 2. The molecule has 1 fully saturated rings. The van der Waals surface area contributed by atoms with E-state index in [0.29, 0.717) is 43.2 Å². The Morgan fingerprint density at radius 1 is 1.27 bits per heavy atom. The highest BCUT2D eigenvalue weighted by Gasteiger charge is 2.35. The Morgan fingerprint density at radius 3 is 2.73 bits per heavy atom. The minimum atomic E-state index is -0.899. The van der Waals surface area contributed by atoms with Gasteiger partial charge in [0.05, 0.1) is 44.1 Å². The lowest BCUT2D eigenvalue weighted by molar-refractivity contribution is -0.105. The number of methoxy groups -OCH3 is 2. The van der Waals surface area contributed by atoms with Crippen molar-refractivity contribution in [2.45, 2.75) is 32.7 Å². The average Bonchev–Trinajstić information content (AvgIpc) is 3.09. The molecule has 8 heteroatoms. The highest BCUT2D eigenvalue weighted by atomic mass is 16.5. The Hall–Kier alpha value is -2.81. The van der Waals surface area contributed by atoms with Gasteiger partial charge in [-0.25, -0.2) is 0 Å². The standard InChI is InChI=1S/C25H31N3O5/c1-14-9-20(31-3)19(24(29)26-14)11-28-8-7-27-6-5-16-10-18(23(32-4)17-12-33-13-17)15(2)21(22(16)27)25(28)30/h5-6,9-10,17,23-24,26,29H,7-8,11-13H2,1-4H3. The topological polar surface area (TPSA) is 85.2 Å². The number of carbonyl (C=O) groups is 1. The normalized spacial score (nSPS) is 22.1. The van der Waals surface area contributed by atoms with Crippen LogP contribution < -0.4 is 5.32 Å². The first-order valence-electron chi connectivity index (χ1n) is 11.3. The number of amides is 1. The van der Waals surface area contributed by atoms with Gasteiger partial charge in [-0.15, -0.1) is 0 Å². The van der Waals surface area contributed by atoms with Gasteiger partial charge in [-0.3, -0.25) is 4.79 Å². The SMILES string of the molecule is COC1=C(CN2CCn3ccc4cc(C(OC)C5COC5)c(C)c(c43)C2=O)C(O)NC(C)=C1. The van der Waals surface area contributed by atoms with Gasteiger partial charge in [0.2, 0.25) is 0 Å². The maximum absolute atomic E-state index is 14.0. The van der Waals surface area contributed by atoms with Crippen LogP contribution in [0.4, 0.5) is 0 Å². The highest BCUT2D eigenvalue weighted by Crippen LogP contribution is 2.38. The molecule has 8 nitrogen and oxygen atoms in total. The Balaban J connectivity index is 1.57. The number of aliphatic hydroxyl groups excluding tert-OH is 1. The molecule has 1 aromatic heterocycles. The van der Waals surface area contributed by atoms with Crippen molar-refractivity contribution in [3.05, 3.63) is 58.1 Å². The molecule has 3 aliphatic rings. The molecule has 1 aromatic carbocycles. The summed E-state index contributed by atoms with van der Waals surface area (Å²) in [5, 5.41) is 14.7. The molecule has 2 atom stereocenters. The van der Waals surface area contributed by atoms with Gasteiger partial charge in [-0.2, -0.15) is 0 Å². The summed E-state index contributed by atoms with van der Waals surface area (Å²) in [5.74, 6) is 0.832. The molecule has 5 rings (SSSR count). The van der Waals surface area contributed by atoms with E-state index in [-0.39, 0.29) is 24.5 Å². The zero-order chi connectivity index (χ0) is 23.3. The molecular weight excluding hydrogens is 422 g/mol. The van der Waals surface area contributed by atoms with Gasteiger partial charge in [0, 0.05) is 49.0 Å². The molecule has 1 amide bonds. The fraction of sp³-hybridized carbons (Fsp3) is 0.480. The van der Waals surface area contributed by atoms with Crippen molar-refractivity contribution >= 4 is 16.8 Å². The Kier molecular flexibility index (Phi) is 5.68. The molecule has 4 heterocycles. The van der Waals surface area contributed by atoms with Crippen molar-refractivity contribution in [1.82, 2.24) is 14.8 Å². The first-order valence-corrected chi connectivity index (χ1v) is 11.3. The van der Waals surface area contributed by atoms with E-state index >= 15 is 0 Å². The monoisotopic (exact) mass is 453 g/mol. The molecule has 2 unspecified atom stereocenters. The fourth-order valence-electron chi connectivity index (χ4n) is 5.20. The zero-order valence-electron chi connectivity index (χ0n) is 19.6. The number of hydrogen-bond acceptors (Lipinski definition) is 6. The summed E-state index contributed by atoms with van der Waals surface area (Å²) in [6.45, 7) is 6.70. The second-order valence-electron chi connectivity index (χ2n) is 9.06. The van der Waals surface area contributed by atoms with Crippen LogP contribution in [-0.4, -0.2) is 67.2 Å². The van der Waals surface area contributed by atoms with Crippen molar-refractivity contribution < 1.29 is 24.1 Å². The number of aromatic nitrogens is 1. The van der Waals surface area contributed by atoms with E-state index in [1.54, 1.807) is 19.1 Å². The van der Waals surface area contributed by atoms with E-state index in [0.717, 1.165) is 27.7 Å². The number of dihydropyridines is 1. The van der Waals surface area contributed by atoms with Crippen LogP contribution in [0.1, 0.15) is 34.5 Å². The number of benzene rings is 1. The number of ether oxygens (including phenoxy) is 3. The molecule has 2 aromatic rings. The Bertz CT molecular complexity index is 1160. The number of rotatable bonds is 6. The maximum atomic E-state index is 14.0. The van der Waals surface area contributed by atoms with E-state index in [1.165, 1.54) is 0 Å². The minimum Gasteiger partial charge on any atom is -0.496 e. The Labute approximate surface area is 193 Å². The summed E-state index contributed by atoms with van der Waals surface area (Å²) in [6, 6.07) is 4.23. The van der Waals surface area contributed by atoms with Crippen LogP contribution in [0.5, 0.6) is 0 Å². The van der Waals surface area contributed by atoms with Crippen LogP contribution in [-0.2, 0) is 20.8 Å². The lowest BCUT2D eigenvalue weighted by Gasteiger charge is -2.34. The Morgan fingerprint density at radius 2 is 2.06 bits per heavy atom. The van der Waals surface area contributed by atoms with Crippen molar-refractivity contribution in [3.8, 4) is 0 Å². The van der Waals surface area contributed by atoms with Crippen molar-refractivity contribution in [1.29, 1.82) is 0 Å². The molecule has 1 saturated heterocycles. The third kappa shape index (κ3) is 3.62. The quantitative estimate of drug-likeness (QED) is 0.699. The summed E-state index contributed by atoms with van der Waals surface area (Å²) < 4.78 is 19.0. The van der Waals surface area contributed by atoms with Gasteiger partial charge in [0.15, 0.2) is 6.23 Å². The van der Waals surface area contributed by atoms with Crippen LogP contribution in [0, 0.1) is 12.8 Å². The number of hydrogen-bond donors (Lipinski definition) is 2. The molecule has 0 saturated carbocycles. The largest absolute Gasteiger partial charge is 0.496 e. The first kappa shape index (κ1) is 22.0. The molecular formula is C25H31N3O5. The van der Waals surface area contributed by atoms with E-state index < -0.39 is 6.23 Å². The maximum Gasteiger partial charge on any atom is 0.256 e. The van der Waals surface area contributed by atoms with Gasteiger partial charge < -0.3 is 34.1 Å². The zero-order valence-corrected chi connectivity index (χ0v) is 19.6. The smallest absolute Gasteiger partial charge is 0.256 e. The van der Waals surface area contributed by atoms with E-state index in [4.69, 9.17) is 14.2 Å². The van der Waals surface area contributed by atoms with Gasteiger partial charge in [0.25, 0.3) is 5.91 Å². The summed E-state index contributed by atoms with van der Waals surface area (Å²) in [4.78, 5) is 15.8. The van der Waals surface area contributed by atoms with E-state index in [1.807, 2.05) is 26.1 Å². The predicted octanol–water partition coefficient (Wildman–Crippen LogP) is 2.47. The van der Waals surface area contributed by atoms with Crippen LogP contribution >= 0.6 is 0 Å². The van der Waals surface area contributed by atoms with Crippen LogP contribution in [0.15, 0.2) is 41.4 Å². The molecule has 0 radical (unpaired) electrons. The van der Waals surface area contributed by atoms with Gasteiger partial charge in [-0.05, 0) is 43.2 Å². The van der Waals surface area contributed by atoms with Crippen molar-refractivity contribution in [3.63, 3.8) is 0 Å². The summed E-state index contributed by atoms with van der Waals surface area (Å²) in [7, 11) is 3.30. The highest BCUT2D eigenvalue weighted by molar-refractivity contribution is 6.08.